The molecule has 0 saturated heterocycles. The van der Waals surface area contributed by atoms with Crippen LogP contribution in [0.4, 0.5) is 27.6 Å². The van der Waals surface area contributed by atoms with Crippen molar-refractivity contribution in [3.8, 4) is 0 Å². The summed E-state index contributed by atoms with van der Waals surface area (Å²) in [6.45, 7) is 0.361. The molecule has 0 bridgehead atoms. The highest BCUT2D eigenvalue weighted by Gasteiger charge is 2.36. The standard InChI is InChI=1S/C31H19ClF5N3O3/c32-24-4-2-19(33)12-22(24)27-26-23(30(43)40-27)7-15(5-14-1-3-21-17(6-14)13-38-29(21)42)8-25(26)39-28(41)16-9-18(31(35,36)37)11-20(34)10-16/h1-4,6-12,27H,5,13H2,(H,38,42)(H,39,41)(H,40,43)/t27-/m0/s1. The van der Waals surface area contributed by atoms with E-state index in [-0.39, 0.29) is 45.8 Å². The molecule has 4 aromatic rings. The first kappa shape index (κ1) is 28.4. The molecule has 0 unspecified atom stereocenters. The molecule has 0 fully saturated rings. The van der Waals surface area contributed by atoms with Crippen LogP contribution in [0.15, 0.2) is 66.7 Å². The van der Waals surface area contributed by atoms with Crippen molar-refractivity contribution in [1.82, 2.24) is 10.6 Å². The molecule has 0 spiro atoms. The fraction of sp³-hybridized carbons (Fsp3) is 0.129. The highest BCUT2D eigenvalue weighted by Crippen LogP contribution is 2.41. The summed E-state index contributed by atoms with van der Waals surface area (Å²) in [7, 11) is 0. The van der Waals surface area contributed by atoms with Crippen LogP contribution in [0.3, 0.4) is 0 Å². The van der Waals surface area contributed by atoms with Gasteiger partial charge in [-0.3, -0.25) is 14.4 Å². The smallest absolute Gasteiger partial charge is 0.348 e. The van der Waals surface area contributed by atoms with Gasteiger partial charge in [0.1, 0.15) is 11.6 Å². The molecule has 1 atom stereocenters. The highest BCUT2D eigenvalue weighted by atomic mass is 35.5. The van der Waals surface area contributed by atoms with Crippen LogP contribution in [-0.4, -0.2) is 17.7 Å². The Balaban J connectivity index is 1.44. The van der Waals surface area contributed by atoms with E-state index in [1.807, 2.05) is 6.07 Å². The van der Waals surface area contributed by atoms with Gasteiger partial charge in [-0.05, 0) is 77.7 Å². The number of rotatable bonds is 5. The third-order valence-corrected chi connectivity index (χ3v) is 7.66. The van der Waals surface area contributed by atoms with Gasteiger partial charge < -0.3 is 16.0 Å². The number of nitrogens with one attached hydrogen (secondary N) is 3. The van der Waals surface area contributed by atoms with Crippen molar-refractivity contribution in [3.05, 3.63) is 133 Å². The van der Waals surface area contributed by atoms with E-state index in [2.05, 4.69) is 16.0 Å². The van der Waals surface area contributed by atoms with Gasteiger partial charge in [0.05, 0.1) is 11.6 Å². The van der Waals surface area contributed by atoms with Crippen molar-refractivity contribution < 1.29 is 36.3 Å². The fourth-order valence-electron chi connectivity index (χ4n) is 5.38. The second-order valence-corrected chi connectivity index (χ2v) is 10.6. The van der Waals surface area contributed by atoms with E-state index in [9.17, 15) is 36.3 Å². The quantitative estimate of drug-likeness (QED) is 0.224. The Bertz CT molecular complexity index is 1860. The normalized spacial score (nSPS) is 15.5. The molecule has 0 aliphatic carbocycles. The Labute approximate surface area is 245 Å². The lowest BCUT2D eigenvalue weighted by atomic mass is 9.92. The average Bonchev–Trinajstić information content (AvgIpc) is 3.48. The Morgan fingerprint density at radius 1 is 0.884 bits per heavy atom. The second kappa shape index (κ2) is 10.5. The summed E-state index contributed by atoms with van der Waals surface area (Å²) in [6, 6.07) is 12.4. The molecule has 2 aliphatic rings. The molecule has 43 heavy (non-hydrogen) atoms. The largest absolute Gasteiger partial charge is 0.416 e. The molecule has 4 aromatic carbocycles. The lowest BCUT2D eigenvalue weighted by Crippen LogP contribution is -2.21. The Morgan fingerprint density at radius 2 is 1.67 bits per heavy atom. The van der Waals surface area contributed by atoms with E-state index >= 15 is 0 Å². The molecular formula is C31H19ClF5N3O3. The van der Waals surface area contributed by atoms with Crippen LogP contribution < -0.4 is 16.0 Å². The maximum absolute atomic E-state index is 14.2. The van der Waals surface area contributed by atoms with Crippen LogP contribution >= 0.6 is 11.6 Å². The van der Waals surface area contributed by atoms with E-state index < -0.39 is 46.8 Å². The lowest BCUT2D eigenvalue weighted by molar-refractivity contribution is -0.137. The zero-order chi connectivity index (χ0) is 30.6. The number of fused-ring (bicyclic) bond motifs is 2. The zero-order valence-corrected chi connectivity index (χ0v) is 22.6. The zero-order valence-electron chi connectivity index (χ0n) is 21.8. The first-order chi connectivity index (χ1) is 20.4. The highest BCUT2D eigenvalue weighted by molar-refractivity contribution is 6.31. The summed E-state index contributed by atoms with van der Waals surface area (Å²) in [5, 5.41) is 8.13. The van der Waals surface area contributed by atoms with Gasteiger partial charge in [0.15, 0.2) is 0 Å². The van der Waals surface area contributed by atoms with E-state index in [4.69, 9.17) is 11.6 Å². The van der Waals surface area contributed by atoms with Crippen LogP contribution in [0.5, 0.6) is 0 Å². The summed E-state index contributed by atoms with van der Waals surface area (Å²) >= 11 is 6.33. The van der Waals surface area contributed by atoms with Crippen LogP contribution in [0, 0.1) is 11.6 Å². The average molecular weight is 612 g/mol. The second-order valence-electron chi connectivity index (χ2n) is 10.2. The third kappa shape index (κ3) is 5.43. The van der Waals surface area contributed by atoms with Crippen molar-refractivity contribution in [1.29, 1.82) is 0 Å². The van der Waals surface area contributed by atoms with Crippen molar-refractivity contribution in [2.75, 3.05) is 5.32 Å². The molecule has 6 nitrogen and oxygen atoms in total. The number of alkyl halides is 3. The topological polar surface area (TPSA) is 87.3 Å². The Kier molecular flexibility index (Phi) is 6.92. The predicted molar refractivity (Wildman–Crippen MR) is 147 cm³/mol. The third-order valence-electron chi connectivity index (χ3n) is 7.32. The molecule has 0 aromatic heterocycles. The van der Waals surface area contributed by atoms with Crippen molar-refractivity contribution in [2.45, 2.75) is 25.2 Å². The minimum Gasteiger partial charge on any atom is -0.348 e. The lowest BCUT2D eigenvalue weighted by Gasteiger charge is -2.19. The minimum absolute atomic E-state index is 0.0389. The predicted octanol–water partition coefficient (Wildman–Crippen LogP) is 6.56. The summed E-state index contributed by atoms with van der Waals surface area (Å²) in [6.07, 6.45) is -4.64. The number of amides is 3. The molecule has 3 N–H and O–H groups in total. The molecule has 0 radical (unpaired) electrons. The van der Waals surface area contributed by atoms with E-state index in [0.717, 1.165) is 23.3 Å². The number of hydrogen-bond acceptors (Lipinski definition) is 3. The van der Waals surface area contributed by atoms with E-state index in [1.165, 1.54) is 12.1 Å². The number of halogens is 6. The van der Waals surface area contributed by atoms with Crippen LogP contribution in [0.1, 0.15) is 70.5 Å². The maximum Gasteiger partial charge on any atom is 0.416 e. The summed E-state index contributed by atoms with van der Waals surface area (Å²) in [5.74, 6) is -3.69. The molecular weight excluding hydrogens is 593 g/mol. The summed E-state index contributed by atoms with van der Waals surface area (Å²) in [4.78, 5) is 38.3. The van der Waals surface area contributed by atoms with Crippen molar-refractivity contribution in [3.63, 3.8) is 0 Å². The number of benzene rings is 4. The molecule has 2 heterocycles. The minimum atomic E-state index is -4.90. The molecule has 3 amide bonds. The first-order valence-electron chi connectivity index (χ1n) is 12.9. The van der Waals surface area contributed by atoms with Crippen molar-refractivity contribution in [2.24, 2.45) is 0 Å². The van der Waals surface area contributed by atoms with Crippen LogP contribution in [-0.2, 0) is 19.1 Å². The van der Waals surface area contributed by atoms with Crippen LogP contribution in [0.25, 0.3) is 0 Å². The molecule has 6 rings (SSSR count). The number of carbonyl (C=O) groups is 3. The fourth-order valence-corrected chi connectivity index (χ4v) is 5.60. The van der Waals surface area contributed by atoms with Crippen molar-refractivity contribution >= 4 is 35.0 Å². The summed E-state index contributed by atoms with van der Waals surface area (Å²) < 4.78 is 68.3. The number of carbonyl (C=O) groups excluding carboxylic acids is 3. The monoisotopic (exact) mass is 611 g/mol. The van der Waals surface area contributed by atoms with E-state index in [0.29, 0.717) is 29.8 Å². The van der Waals surface area contributed by atoms with Gasteiger partial charge >= 0.3 is 6.18 Å². The van der Waals surface area contributed by atoms with Gasteiger partial charge in [0, 0.05) is 45.1 Å². The SMILES string of the molecule is O=C(Nc1cc(Cc2ccc3c(c2)CNC3=O)cc2c1[C@H](c1cc(F)ccc1Cl)NC2=O)c1cc(F)cc(C(F)(F)F)c1. The number of anilines is 1. The Hall–Kier alpha value is -4.77. The van der Waals surface area contributed by atoms with Gasteiger partial charge in [-0.2, -0.15) is 13.2 Å². The van der Waals surface area contributed by atoms with Crippen LogP contribution in [0.2, 0.25) is 5.02 Å². The maximum atomic E-state index is 14.2. The van der Waals surface area contributed by atoms with Gasteiger partial charge in [-0.1, -0.05) is 23.7 Å². The first-order valence-corrected chi connectivity index (χ1v) is 13.3. The van der Waals surface area contributed by atoms with Gasteiger partial charge in [-0.15, -0.1) is 0 Å². The van der Waals surface area contributed by atoms with Gasteiger partial charge in [0.2, 0.25) is 0 Å². The summed E-state index contributed by atoms with van der Waals surface area (Å²) in [5.41, 5.74) is 1.31. The van der Waals surface area contributed by atoms with Gasteiger partial charge in [-0.25, -0.2) is 8.78 Å². The molecule has 2 aliphatic heterocycles. The Morgan fingerprint density at radius 3 is 2.44 bits per heavy atom. The molecule has 0 saturated carbocycles. The van der Waals surface area contributed by atoms with Gasteiger partial charge in [0.25, 0.3) is 17.7 Å². The molecule has 12 heteroatoms. The van der Waals surface area contributed by atoms with E-state index in [1.54, 1.807) is 18.2 Å². The number of hydrogen-bond donors (Lipinski definition) is 3. The molecule has 218 valence electrons.